The van der Waals surface area contributed by atoms with E-state index in [1.807, 2.05) is 6.08 Å². The van der Waals surface area contributed by atoms with Crippen LogP contribution in [-0.4, -0.2) is 11.1 Å². The molecule has 0 aliphatic carbocycles. The Morgan fingerprint density at radius 3 is 2.27 bits per heavy atom. The third-order valence-corrected chi connectivity index (χ3v) is 1.48. The number of rotatable bonds is 4. The molecule has 1 N–H and O–H groups in total. The summed E-state index contributed by atoms with van der Waals surface area (Å²) in [7, 11) is 0. The van der Waals surface area contributed by atoms with Gasteiger partial charge in [-0.25, -0.2) is 4.79 Å². The van der Waals surface area contributed by atoms with Crippen molar-refractivity contribution >= 4 is 5.97 Å². The Bertz CT molecular complexity index is 172. The van der Waals surface area contributed by atoms with Crippen molar-refractivity contribution in [2.75, 3.05) is 0 Å². The lowest BCUT2D eigenvalue weighted by atomic mass is 10.1. The van der Waals surface area contributed by atoms with Crippen LogP contribution in [-0.2, 0) is 4.79 Å². The highest BCUT2D eigenvalue weighted by Crippen LogP contribution is 2.04. The molecular weight excluding hydrogens is 140 g/mol. The molecular formula is C9H14O2. The number of carbonyl (C=O) groups is 1. The molecule has 0 saturated carbocycles. The summed E-state index contributed by atoms with van der Waals surface area (Å²) in [5.41, 5.74) is 1.27. The molecule has 0 amide bonds. The molecule has 2 heteroatoms. The van der Waals surface area contributed by atoms with Crippen LogP contribution in [0.15, 0.2) is 23.8 Å². The van der Waals surface area contributed by atoms with E-state index in [0.717, 1.165) is 18.9 Å². The van der Waals surface area contributed by atoms with E-state index in [2.05, 4.69) is 13.8 Å². The second-order valence-corrected chi connectivity index (χ2v) is 2.23. The quantitative estimate of drug-likeness (QED) is 0.498. The van der Waals surface area contributed by atoms with Gasteiger partial charge in [0.2, 0.25) is 0 Å². The molecule has 0 aromatic rings. The molecule has 0 heterocycles. The number of carboxylic acid groups (broad SMARTS) is 1. The molecule has 0 aromatic carbocycles. The monoisotopic (exact) mass is 154 g/mol. The average molecular weight is 154 g/mol. The molecule has 0 bridgehead atoms. The predicted octanol–water partition coefficient (Wildman–Crippen LogP) is 2.37. The molecule has 0 rings (SSSR count). The van der Waals surface area contributed by atoms with Crippen molar-refractivity contribution in [2.24, 2.45) is 0 Å². The fourth-order valence-corrected chi connectivity index (χ4v) is 0.752. The molecule has 11 heavy (non-hydrogen) atoms. The lowest BCUT2D eigenvalue weighted by Crippen LogP contribution is -1.85. The van der Waals surface area contributed by atoms with Gasteiger partial charge >= 0.3 is 5.97 Å². The van der Waals surface area contributed by atoms with Gasteiger partial charge in [0.25, 0.3) is 0 Å². The van der Waals surface area contributed by atoms with Crippen LogP contribution in [0.25, 0.3) is 0 Å². The first kappa shape index (κ1) is 9.95. The van der Waals surface area contributed by atoms with Gasteiger partial charge in [0.15, 0.2) is 0 Å². The molecule has 0 radical (unpaired) electrons. The molecule has 2 nitrogen and oxygen atoms in total. The van der Waals surface area contributed by atoms with Gasteiger partial charge in [-0.15, -0.1) is 0 Å². The van der Waals surface area contributed by atoms with Gasteiger partial charge in [0.05, 0.1) is 0 Å². The molecule has 0 spiro atoms. The Hall–Kier alpha value is -1.05. The van der Waals surface area contributed by atoms with Gasteiger partial charge in [-0.2, -0.15) is 0 Å². The Labute approximate surface area is 67.2 Å². The van der Waals surface area contributed by atoms with E-state index < -0.39 is 5.97 Å². The number of allylic oxidation sites excluding steroid dienone is 3. The number of carboxylic acids is 1. The zero-order valence-electron chi connectivity index (χ0n) is 7.00. The van der Waals surface area contributed by atoms with Gasteiger partial charge < -0.3 is 5.11 Å². The maximum absolute atomic E-state index is 10.0. The van der Waals surface area contributed by atoms with Crippen LogP contribution in [0.1, 0.15) is 26.7 Å². The van der Waals surface area contributed by atoms with E-state index in [4.69, 9.17) is 5.11 Å². The minimum absolute atomic E-state index is 0.896. The molecule has 0 aromatic heterocycles. The molecule has 0 saturated heterocycles. The summed E-state index contributed by atoms with van der Waals surface area (Å²) in [4.78, 5) is 10.0. The van der Waals surface area contributed by atoms with E-state index in [0.29, 0.717) is 0 Å². The zero-order chi connectivity index (χ0) is 8.69. The van der Waals surface area contributed by atoms with E-state index in [1.54, 1.807) is 6.08 Å². The van der Waals surface area contributed by atoms with Crippen LogP contribution in [0.3, 0.4) is 0 Å². The van der Waals surface area contributed by atoms with Crippen LogP contribution in [0.5, 0.6) is 0 Å². The van der Waals surface area contributed by atoms with E-state index in [1.165, 1.54) is 5.57 Å². The van der Waals surface area contributed by atoms with Crippen molar-refractivity contribution in [3.8, 4) is 0 Å². The molecule has 0 fully saturated rings. The number of hydrogen-bond acceptors (Lipinski definition) is 1. The van der Waals surface area contributed by atoms with Gasteiger partial charge in [0.1, 0.15) is 0 Å². The molecule has 0 aliphatic rings. The Morgan fingerprint density at radius 1 is 1.36 bits per heavy atom. The van der Waals surface area contributed by atoms with E-state index in [9.17, 15) is 4.79 Å². The molecule has 0 atom stereocenters. The Kier molecular flexibility index (Phi) is 5.17. The van der Waals surface area contributed by atoms with Crippen molar-refractivity contribution in [3.63, 3.8) is 0 Å². The average Bonchev–Trinajstić information content (AvgIpc) is 1.98. The summed E-state index contributed by atoms with van der Waals surface area (Å²) in [5.74, 6) is -0.896. The fraction of sp³-hybridized carbons (Fsp3) is 0.444. The number of hydrogen-bond donors (Lipinski definition) is 1. The first-order chi connectivity index (χ1) is 5.20. The summed E-state index contributed by atoms with van der Waals surface area (Å²) in [6.07, 6.45) is 6.55. The second-order valence-electron chi connectivity index (χ2n) is 2.23. The Balaban J connectivity index is 3.97. The SMILES string of the molecule is CCC(=CC=CC(=O)O)CC. The smallest absolute Gasteiger partial charge is 0.328 e. The van der Waals surface area contributed by atoms with Gasteiger partial charge in [-0.3, -0.25) is 0 Å². The third kappa shape index (κ3) is 5.40. The van der Waals surface area contributed by atoms with Crippen molar-refractivity contribution in [2.45, 2.75) is 26.7 Å². The van der Waals surface area contributed by atoms with Crippen molar-refractivity contribution < 1.29 is 9.90 Å². The van der Waals surface area contributed by atoms with Crippen LogP contribution in [0, 0.1) is 0 Å². The summed E-state index contributed by atoms with van der Waals surface area (Å²) in [6, 6.07) is 0. The van der Waals surface area contributed by atoms with Gasteiger partial charge in [-0.05, 0) is 12.8 Å². The second kappa shape index (κ2) is 5.71. The summed E-state index contributed by atoms with van der Waals surface area (Å²) >= 11 is 0. The lowest BCUT2D eigenvalue weighted by Gasteiger charge is -1.94. The zero-order valence-corrected chi connectivity index (χ0v) is 7.00. The van der Waals surface area contributed by atoms with Crippen LogP contribution in [0.2, 0.25) is 0 Å². The lowest BCUT2D eigenvalue weighted by molar-refractivity contribution is -0.131. The maximum Gasteiger partial charge on any atom is 0.328 e. The summed E-state index contributed by atoms with van der Waals surface area (Å²) in [6.45, 7) is 4.12. The molecule has 62 valence electrons. The summed E-state index contributed by atoms with van der Waals surface area (Å²) in [5, 5.41) is 8.26. The highest BCUT2D eigenvalue weighted by molar-refractivity contribution is 5.80. The van der Waals surface area contributed by atoms with Crippen LogP contribution in [0.4, 0.5) is 0 Å². The largest absolute Gasteiger partial charge is 0.478 e. The van der Waals surface area contributed by atoms with E-state index >= 15 is 0 Å². The first-order valence-electron chi connectivity index (χ1n) is 3.79. The Morgan fingerprint density at radius 2 is 1.91 bits per heavy atom. The fourth-order valence-electron chi connectivity index (χ4n) is 0.752. The first-order valence-corrected chi connectivity index (χ1v) is 3.79. The highest BCUT2D eigenvalue weighted by Gasteiger charge is 1.86. The van der Waals surface area contributed by atoms with Crippen molar-refractivity contribution in [1.82, 2.24) is 0 Å². The predicted molar refractivity (Wildman–Crippen MR) is 45.4 cm³/mol. The van der Waals surface area contributed by atoms with Crippen molar-refractivity contribution in [1.29, 1.82) is 0 Å². The minimum Gasteiger partial charge on any atom is -0.478 e. The van der Waals surface area contributed by atoms with Gasteiger partial charge in [-0.1, -0.05) is 31.6 Å². The topological polar surface area (TPSA) is 37.3 Å². The van der Waals surface area contributed by atoms with Crippen LogP contribution < -0.4 is 0 Å². The standard InChI is InChI=1S/C9H14O2/c1-3-8(4-2)6-5-7-9(10)11/h5-7H,3-4H2,1-2H3,(H,10,11). The van der Waals surface area contributed by atoms with E-state index in [-0.39, 0.29) is 0 Å². The highest BCUT2D eigenvalue weighted by atomic mass is 16.4. The van der Waals surface area contributed by atoms with Gasteiger partial charge in [0, 0.05) is 6.08 Å². The third-order valence-electron chi connectivity index (χ3n) is 1.48. The molecule has 0 aliphatic heterocycles. The minimum atomic E-state index is -0.896. The van der Waals surface area contributed by atoms with Crippen LogP contribution >= 0.6 is 0 Å². The molecule has 0 unspecified atom stereocenters. The normalized spacial score (nSPS) is 10.0. The van der Waals surface area contributed by atoms with Crippen molar-refractivity contribution in [3.05, 3.63) is 23.8 Å². The maximum atomic E-state index is 10.0. The number of aliphatic carboxylic acids is 1. The summed E-state index contributed by atoms with van der Waals surface area (Å²) < 4.78 is 0.